The maximum absolute atomic E-state index is 10.1. The molecule has 1 heterocycles. The van der Waals surface area contributed by atoms with Crippen LogP contribution in [0.2, 0.25) is 0 Å². The van der Waals surface area contributed by atoms with Crippen molar-refractivity contribution in [2.24, 2.45) is 5.92 Å². The van der Waals surface area contributed by atoms with E-state index < -0.39 is 0 Å². The highest BCUT2D eigenvalue weighted by Gasteiger charge is 2.38. The molecule has 0 amide bonds. The van der Waals surface area contributed by atoms with E-state index in [-0.39, 0.29) is 10.9 Å². The van der Waals surface area contributed by atoms with Crippen LogP contribution in [0, 0.1) is 5.92 Å². The van der Waals surface area contributed by atoms with E-state index in [0.717, 1.165) is 6.42 Å². The van der Waals surface area contributed by atoms with Gasteiger partial charge in [-0.3, -0.25) is 0 Å². The van der Waals surface area contributed by atoms with E-state index in [4.69, 9.17) is 0 Å². The van der Waals surface area contributed by atoms with Gasteiger partial charge in [0.25, 0.3) is 0 Å². The summed E-state index contributed by atoms with van der Waals surface area (Å²) >= 11 is 1.95. The minimum Gasteiger partial charge on any atom is -0.391 e. The fraction of sp³-hybridized carbons (Fsp3) is 1.00. The van der Waals surface area contributed by atoms with Crippen molar-refractivity contribution < 1.29 is 5.11 Å². The van der Waals surface area contributed by atoms with Gasteiger partial charge in [-0.25, -0.2) is 0 Å². The van der Waals surface area contributed by atoms with Crippen LogP contribution in [0.1, 0.15) is 40.0 Å². The molecule has 0 aromatic rings. The van der Waals surface area contributed by atoms with Gasteiger partial charge in [0.05, 0.1) is 6.10 Å². The summed E-state index contributed by atoms with van der Waals surface area (Å²) in [5.74, 6) is 1.67. The molecule has 0 aromatic carbocycles. The zero-order valence-electron chi connectivity index (χ0n) is 8.34. The van der Waals surface area contributed by atoms with E-state index in [1.165, 1.54) is 18.6 Å². The van der Waals surface area contributed by atoms with E-state index in [1.807, 2.05) is 11.8 Å². The number of rotatable bonds is 3. The summed E-state index contributed by atoms with van der Waals surface area (Å²) in [5.41, 5.74) is 0. The first kappa shape index (κ1) is 10.4. The molecule has 0 bridgehead atoms. The van der Waals surface area contributed by atoms with E-state index in [9.17, 15) is 5.11 Å². The quantitative estimate of drug-likeness (QED) is 0.735. The van der Waals surface area contributed by atoms with Crippen molar-refractivity contribution >= 4 is 11.8 Å². The number of aliphatic hydroxyl groups excluding tert-OH is 1. The molecule has 1 aliphatic rings. The van der Waals surface area contributed by atoms with Gasteiger partial charge in [0.1, 0.15) is 0 Å². The minimum absolute atomic E-state index is 0.116. The van der Waals surface area contributed by atoms with E-state index in [2.05, 4.69) is 20.8 Å². The molecular formula is C10H20OS. The van der Waals surface area contributed by atoms with Gasteiger partial charge in [0.15, 0.2) is 0 Å². The Bertz CT molecular complexity index is 141. The maximum Gasteiger partial charge on any atom is 0.0709 e. The Kier molecular flexibility index (Phi) is 3.47. The van der Waals surface area contributed by atoms with Crippen LogP contribution in [0.15, 0.2) is 0 Å². The lowest BCUT2D eigenvalue weighted by molar-refractivity contribution is 0.0785. The van der Waals surface area contributed by atoms with Gasteiger partial charge in [0.2, 0.25) is 0 Å². The Labute approximate surface area is 79.9 Å². The summed E-state index contributed by atoms with van der Waals surface area (Å²) in [6, 6.07) is 0. The monoisotopic (exact) mass is 188 g/mol. The van der Waals surface area contributed by atoms with E-state index in [0.29, 0.717) is 5.92 Å². The molecule has 12 heavy (non-hydrogen) atoms. The van der Waals surface area contributed by atoms with Crippen LogP contribution in [-0.4, -0.2) is 21.7 Å². The van der Waals surface area contributed by atoms with Crippen molar-refractivity contribution in [1.82, 2.24) is 0 Å². The highest BCUT2D eigenvalue weighted by atomic mass is 32.2. The summed E-state index contributed by atoms with van der Waals surface area (Å²) in [7, 11) is 0. The Morgan fingerprint density at radius 1 is 1.58 bits per heavy atom. The first-order valence-electron chi connectivity index (χ1n) is 4.92. The highest BCUT2D eigenvalue weighted by Crippen LogP contribution is 2.42. The van der Waals surface area contributed by atoms with Crippen LogP contribution >= 0.6 is 11.8 Å². The van der Waals surface area contributed by atoms with Crippen molar-refractivity contribution in [2.45, 2.75) is 50.9 Å². The molecule has 1 rings (SSSR count). The molecular weight excluding hydrogens is 168 g/mol. The molecule has 0 spiro atoms. The lowest BCUT2D eigenvalue weighted by Gasteiger charge is -2.33. The smallest absolute Gasteiger partial charge is 0.0709 e. The molecule has 0 saturated carbocycles. The third-order valence-electron chi connectivity index (χ3n) is 3.06. The lowest BCUT2D eigenvalue weighted by atomic mass is 9.88. The Hall–Kier alpha value is 0.310. The number of thioether (sulfide) groups is 1. The van der Waals surface area contributed by atoms with Crippen molar-refractivity contribution in [1.29, 1.82) is 0 Å². The maximum atomic E-state index is 10.1. The molecule has 2 heteroatoms. The number of aliphatic hydroxyl groups is 1. The van der Waals surface area contributed by atoms with Crippen LogP contribution in [0.4, 0.5) is 0 Å². The highest BCUT2D eigenvalue weighted by molar-refractivity contribution is 8.00. The van der Waals surface area contributed by atoms with Crippen LogP contribution in [0.3, 0.4) is 0 Å². The first-order valence-corrected chi connectivity index (χ1v) is 5.90. The molecule has 1 nitrogen and oxygen atoms in total. The average molecular weight is 188 g/mol. The zero-order chi connectivity index (χ0) is 9.19. The molecule has 1 fully saturated rings. The summed E-state index contributed by atoms with van der Waals surface area (Å²) in [4.78, 5) is 0. The molecule has 0 radical (unpaired) electrons. The van der Waals surface area contributed by atoms with E-state index >= 15 is 0 Å². The predicted octanol–water partition coefficient (Wildman–Crippen LogP) is 2.68. The van der Waals surface area contributed by atoms with Crippen molar-refractivity contribution in [3.63, 3.8) is 0 Å². The second kappa shape index (κ2) is 4.01. The first-order chi connectivity index (χ1) is 5.60. The summed E-state index contributed by atoms with van der Waals surface area (Å²) in [5, 5.41) is 10.1. The minimum atomic E-state index is -0.116. The molecule has 1 N–H and O–H groups in total. The van der Waals surface area contributed by atoms with Gasteiger partial charge in [-0.1, -0.05) is 20.3 Å². The second-order valence-electron chi connectivity index (χ2n) is 4.10. The fourth-order valence-electron chi connectivity index (χ4n) is 1.86. The second-order valence-corrected chi connectivity index (χ2v) is 5.72. The summed E-state index contributed by atoms with van der Waals surface area (Å²) in [6.07, 6.45) is 3.42. The molecule has 0 aliphatic carbocycles. The Morgan fingerprint density at radius 2 is 2.25 bits per heavy atom. The van der Waals surface area contributed by atoms with Crippen molar-refractivity contribution in [2.75, 3.05) is 5.75 Å². The van der Waals surface area contributed by atoms with Gasteiger partial charge < -0.3 is 5.11 Å². The predicted molar refractivity (Wildman–Crippen MR) is 55.6 cm³/mol. The topological polar surface area (TPSA) is 20.2 Å². The number of hydrogen-bond donors (Lipinski definition) is 1. The fourth-order valence-corrected chi connectivity index (χ4v) is 3.31. The SMILES string of the molecule is CCC(C)C(O)C1(C)CCCS1. The average Bonchev–Trinajstić information content (AvgIpc) is 2.50. The Balaban J connectivity index is 2.54. The molecule has 3 unspecified atom stereocenters. The zero-order valence-corrected chi connectivity index (χ0v) is 9.16. The molecule has 72 valence electrons. The third-order valence-corrected chi connectivity index (χ3v) is 4.66. The molecule has 1 aliphatic heterocycles. The van der Waals surface area contributed by atoms with Gasteiger partial charge in [-0.05, 0) is 31.4 Å². The summed E-state index contributed by atoms with van der Waals surface area (Å²) < 4.78 is 0.148. The van der Waals surface area contributed by atoms with Crippen LogP contribution in [0.25, 0.3) is 0 Å². The number of hydrogen-bond acceptors (Lipinski definition) is 2. The van der Waals surface area contributed by atoms with Crippen molar-refractivity contribution in [3.8, 4) is 0 Å². The molecule has 1 saturated heterocycles. The van der Waals surface area contributed by atoms with Gasteiger partial charge in [0, 0.05) is 4.75 Å². The van der Waals surface area contributed by atoms with Crippen LogP contribution in [0.5, 0.6) is 0 Å². The van der Waals surface area contributed by atoms with E-state index in [1.54, 1.807) is 0 Å². The van der Waals surface area contributed by atoms with Crippen LogP contribution < -0.4 is 0 Å². The summed E-state index contributed by atoms with van der Waals surface area (Å²) in [6.45, 7) is 6.51. The normalized spacial score (nSPS) is 35.0. The van der Waals surface area contributed by atoms with Gasteiger partial charge in [-0.15, -0.1) is 0 Å². The molecule has 0 aromatic heterocycles. The van der Waals surface area contributed by atoms with Crippen LogP contribution in [-0.2, 0) is 0 Å². The third kappa shape index (κ3) is 1.97. The standard InChI is InChI=1S/C10H20OS/c1-4-8(2)9(11)10(3)6-5-7-12-10/h8-9,11H,4-7H2,1-3H3. The Morgan fingerprint density at radius 3 is 2.67 bits per heavy atom. The van der Waals surface area contributed by atoms with Gasteiger partial charge >= 0.3 is 0 Å². The largest absolute Gasteiger partial charge is 0.391 e. The lowest BCUT2D eigenvalue weighted by Crippen LogP contribution is -2.38. The molecule has 3 atom stereocenters. The van der Waals surface area contributed by atoms with Gasteiger partial charge in [-0.2, -0.15) is 11.8 Å². The van der Waals surface area contributed by atoms with Crippen molar-refractivity contribution in [3.05, 3.63) is 0 Å².